The van der Waals surface area contributed by atoms with Crippen LogP contribution in [0.5, 0.6) is 0 Å². The fourth-order valence-electron chi connectivity index (χ4n) is 2.37. The molecule has 152 valence electrons. The molecule has 1 aromatic heterocycles. The molecule has 0 bridgehead atoms. The molecule has 1 heterocycles. The normalized spacial score (nSPS) is 11.9. The van der Waals surface area contributed by atoms with Crippen molar-refractivity contribution < 1.29 is 26.4 Å². The number of nitrogens with one attached hydrogen (secondary N) is 2. The number of carbonyl (C=O) groups excluding carboxylic acids is 1. The maximum Gasteiger partial charge on any atom is 0.416 e. The van der Waals surface area contributed by atoms with E-state index in [-0.39, 0.29) is 16.3 Å². The molecule has 3 rings (SSSR count). The van der Waals surface area contributed by atoms with E-state index in [4.69, 9.17) is 0 Å². The van der Waals surface area contributed by atoms with Crippen LogP contribution >= 0.6 is 11.3 Å². The highest BCUT2D eigenvalue weighted by atomic mass is 32.2. The first kappa shape index (κ1) is 20.8. The van der Waals surface area contributed by atoms with E-state index in [2.05, 4.69) is 15.0 Å². The van der Waals surface area contributed by atoms with Crippen molar-refractivity contribution in [3.8, 4) is 10.6 Å². The molecule has 11 heteroatoms. The number of aromatic nitrogens is 1. The first-order chi connectivity index (χ1) is 13.5. The summed E-state index contributed by atoms with van der Waals surface area (Å²) in [5.41, 5.74) is 0.272. The van der Waals surface area contributed by atoms with Gasteiger partial charge in [-0.2, -0.15) is 13.2 Å². The predicted octanol–water partition coefficient (Wildman–Crippen LogP) is 4.45. The molecule has 0 aliphatic rings. The van der Waals surface area contributed by atoms with Crippen LogP contribution in [0.25, 0.3) is 10.6 Å². The molecular weight excluding hydrogens is 427 g/mol. The quantitative estimate of drug-likeness (QED) is 0.612. The minimum absolute atomic E-state index is 0.0562. The van der Waals surface area contributed by atoms with Crippen molar-refractivity contribution in [2.45, 2.75) is 6.18 Å². The SMILES string of the molecule is CS(=O)(=O)Nc1ccc(NC(=O)c2csc(-c3cccc(C(F)(F)F)c3)n2)cc1. The highest BCUT2D eigenvalue weighted by molar-refractivity contribution is 7.92. The summed E-state index contributed by atoms with van der Waals surface area (Å²) in [4.78, 5) is 16.5. The summed E-state index contributed by atoms with van der Waals surface area (Å²) in [6, 6.07) is 10.7. The fourth-order valence-corrected chi connectivity index (χ4v) is 3.73. The van der Waals surface area contributed by atoms with Gasteiger partial charge in [0.15, 0.2) is 0 Å². The molecule has 0 radical (unpaired) electrons. The van der Waals surface area contributed by atoms with Gasteiger partial charge in [0.2, 0.25) is 10.0 Å². The molecule has 0 aliphatic carbocycles. The number of hydrogen-bond acceptors (Lipinski definition) is 5. The number of hydrogen-bond donors (Lipinski definition) is 2. The van der Waals surface area contributed by atoms with Gasteiger partial charge in [-0.05, 0) is 36.4 Å². The monoisotopic (exact) mass is 441 g/mol. The average Bonchev–Trinajstić information content (AvgIpc) is 3.12. The summed E-state index contributed by atoms with van der Waals surface area (Å²) in [5.74, 6) is -0.539. The number of amides is 1. The van der Waals surface area contributed by atoms with Crippen LogP contribution in [0.1, 0.15) is 16.1 Å². The molecule has 0 saturated carbocycles. The number of carbonyl (C=O) groups is 1. The Kier molecular flexibility index (Phi) is 5.62. The number of anilines is 2. The van der Waals surface area contributed by atoms with Crippen molar-refractivity contribution in [1.82, 2.24) is 4.98 Å². The lowest BCUT2D eigenvalue weighted by atomic mass is 10.1. The summed E-state index contributed by atoms with van der Waals surface area (Å²) >= 11 is 1.05. The third-order valence-corrected chi connectivity index (χ3v) is 5.12. The second kappa shape index (κ2) is 7.84. The van der Waals surface area contributed by atoms with Crippen LogP contribution in [0.15, 0.2) is 53.9 Å². The molecule has 2 N–H and O–H groups in total. The standard InChI is InChI=1S/C18H14F3N3O3S2/c1-29(26,27)24-14-7-5-13(6-8-14)22-16(25)15-10-28-17(23-15)11-3-2-4-12(9-11)18(19,20)21/h2-10,24H,1H3,(H,22,25). The smallest absolute Gasteiger partial charge is 0.321 e. The lowest BCUT2D eigenvalue weighted by molar-refractivity contribution is -0.137. The van der Waals surface area contributed by atoms with Crippen LogP contribution < -0.4 is 10.0 Å². The lowest BCUT2D eigenvalue weighted by Gasteiger charge is -2.07. The van der Waals surface area contributed by atoms with Gasteiger partial charge in [-0.15, -0.1) is 11.3 Å². The average molecular weight is 441 g/mol. The topological polar surface area (TPSA) is 88.2 Å². The van der Waals surface area contributed by atoms with Gasteiger partial charge in [0.05, 0.1) is 11.8 Å². The summed E-state index contributed by atoms with van der Waals surface area (Å²) in [6.45, 7) is 0. The van der Waals surface area contributed by atoms with E-state index in [9.17, 15) is 26.4 Å². The third-order valence-electron chi connectivity index (χ3n) is 3.62. The predicted molar refractivity (Wildman–Crippen MR) is 105 cm³/mol. The highest BCUT2D eigenvalue weighted by Crippen LogP contribution is 2.33. The second-order valence-corrected chi connectivity index (χ2v) is 8.63. The molecule has 0 aliphatic heterocycles. The first-order valence-corrected chi connectivity index (χ1v) is 10.8. The van der Waals surface area contributed by atoms with E-state index in [1.807, 2.05) is 0 Å². The van der Waals surface area contributed by atoms with Crippen molar-refractivity contribution in [2.24, 2.45) is 0 Å². The first-order valence-electron chi connectivity index (χ1n) is 8.04. The second-order valence-electron chi connectivity index (χ2n) is 6.02. The minimum atomic E-state index is -4.47. The molecule has 0 atom stereocenters. The maximum atomic E-state index is 12.9. The van der Waals surface area contributed by atoms with Crippen LogP contribution in [-0.2, 0) is 16.2 Å². The van der Waals surface area contributed by atoms with Crippen LogP contribution in [-0.4, -0.2) is 25.6 Å². The van der Waals surface area contributed by atoms with Gasteiger partial charge in [-0.1, -0.05) is 12.1 Å². The van der Waals surface area contributed by atoms with Gasteiger partial charge >= 0.3 is 6.18 Å². The Morgan fingerprint density at radius 1 is 1.07 bits per heavy atom. The Hall–Kier alpha value is -2.92. The Morgan fingerprint density at radius 3 is 2.34 bits per heavy atom. The number of alkyl halides is 3. The largest absolute Gasteiger partial charge is 0.416 e. The van der Waals surface area contributed by atoms with Crippen molar-refractivity contribution in [3.05, 3.63) is 65.2 Å². The number of nitrogens with zero attached hydrogens (tertiary/aromatic N) is 1. The number of halogens is 3. The summed E-state index contributed by atoms with van der Waals surface area (Å²) in [5, 5.41) is 4.33. The Labute approximate surface area is 168 Å². The van der Waals surface area contributed by atoms with E-state index in [1.165, 1.54) is 41.8 Å². The van der Waals surface area contributed by atoms with E-state index >= 15 is 0 Å². The molecular formula is C18H14F3N3O3S2. The van der Waals surface area contributed by atoms with Crippen LogP contribution in [0, 0.1) is 0 Å². The molecule has 2 aromatic carbocycles. The zero-order valence-electron chi connectivity index (χ0n) is 14.8. The zero-order chi connectivity index (χ0) is 21.2. The van der Waals surface area contributed by atoms with E-state index in [0.717, 1.165) is 29.7 Å². The summed E-state index contributed by atoms with van der Waals surface area (Å²) in [6.07, 6.45) is -3.45. The Balaban J connectivity index is 1.73. The van der Waals surface area contributed by atoms with Gasteiger partial charge in [0, 0.05) is 22.3 Å². The van der Waals surface area contributed by atoms with Crippen molar-refractivity contribution in [2.75, 3.05) is 16.3 Å². The minimum Gasteiger partial charge on any atom is -0.321 e. The van der Waals surface area contributed by atoms with Crippen LogP contribution in [0.4, 0.5) is 24.5 Å². The van der Waals surface area contributed by atoms with Crippen molar-refractivity contribution >= 4 is 38.6 Å². The number of rotatable bonds is 5. The summed E-state index contributed by atoms with van der Waals surface area (Å²) in [7, 11) is -3.41. The van der Waals surface area contributed by atoms with Crippen molar-refractivity contribution in [1.29, 1.82) is 0 Å². The lowest BCUT2D eigenvalue weighted by Crippen LogP contribution is -2.13. The van der Waals surface area contributed by atoms with Gasteiger partial charge < -0.3 is 5.32 Å². The molecule has 0 spiro atoms. The fraction of sp³-hybridized carbons (Fsp3) is 0.111. The van der Waals surface area contributed by atoms with Gasteiger partial charge in [-0.3, -0.25) is 9.52 Å². The van der Waals surface area contributed by atoms with E-state index in [0.29, 0.717) is 11.4 Å². The third kappa shape index (κ3) is 5.55. The number of sulfonamides is 1. The Bertz CT molecular complexity index is 1140. The molecule has 1 amide bonds. The van der Waals surface area contributed by atoms with Gasteiger partial charge in [0.1, 0.15) is 10.7 Å². The van der Waals surface area contributed by atoms with Crippen molar-refractivity contribution in [3.63, 3.8) is 0 Å². The van der Waals surface area contributed by atoms with Crippen LogP contribution in [0.3, 0.4) is 0 Å². The highest BCUT2D eigenvalue weighted by Gasteiger charge is 2.30. The van der Waals surface area contributed by atoms with Gasteiger partial charge in [-0.25, -0.2) is 13.4 Å². The molecule has 0 saturated heterocycles. The molecule has 0 unspecified atom stereocenters. The van der Waals surface area contributed by atoms with E-state index in [1.54, 1.807) is 0 Å². The van der Waals surface area contributed by atoms with Gasteiger partial charge in [0.25, 0.3) is 5.91 Å². The Morgan fingerprint density at radius 2 is 1.72 bits per heavy atom. The maximum absolute atomic E-state index is 12.9. The van der Waals surface area contributed by atoms with Crippen LogP contribution in [0.2, 0.25) is 0 Å². The molecule has 3 aromatic rings. The van der Waals surface area contributed by atoms with E-state index < -0.39 is 27.7 Å². The molecule has 6 nitrogen and oxygen atoms in total. The molecule has 0 fully saturated rings. The number of thiazole rings is 1. The molecule has 29 heavy (non-hydrogen) atoms. The number of benzene rings is 2. The summed E-state index contributed by atoms with van der Waals surface area (Å²) < 4.78 is 63.3. The zero-order valence-corrected chi connectivity index (χ0v) is 16.5.